The fourth-order valence-corrected chi connectivity index (χ4v) is 3.03. The molecule has 0 radical (unpaired) electrons. The van der Waals surface area contributed by atoms with E-state index >= 15 is 0 Å². The molecule has 126 valence electrons. The average Bonchev–Trinajstić information content (AvgIpc) is 3.28. The smallest absolute Gasteiger partial charge is 0.338 e. The van der Waals surface area contributed by atoms with E-state index in [1.807, 2.05) is 32.9 Å². The molecule has 1 fully saturated rings. The summed E-state index contributed by atoms with van der Waals surface area (Å²) in [7, 11) is 0. The summed E-state index contributed by atoms with van der Waals surface area (Å²) in [5, 5.41) is 3.62. The zero-order chi connectivity index (χ0) is 16.8. The molecule has 1 saturated carbocycles. The SMILES string of the molecule is CC(C)C1CN(C2CC2)c2ccc(C(=O)OC(C)(C)C)cc2N1. The van der Waals surface area contributed by atoms with E-state index in [4.69, 9.17) is 4.74 Å². The lowest BCUT2D eigenvalue weighted by Gasteiger charge is -2.39. The third-order valence-corrected chi connectivity index (χ3v) is 4.47. The van der Waals surface area contributed by atoms with Crippen molar-refractivity contribution < 1.29 is 9.53 Å². The molecule has 1 aliphatic carbocycles. The van der Waals surface area contributed by atoms with Crippen molar-refractivity contribution in [3.05, 3.63) is 23.8 Å². The molecule has 0 aromatic heterocycles. The summed E-state index contributed by atoms with van der Waals surface area (Å²) < 4.78 is 5.50. The van der Waals surface area contributed by atoms with Crippen LogP contribution in [0.5, 0.6) is 0 Å². The van der Waals surface area contributed by atoms with Gasteiger partial charge in [-0.1, -0.05) is 13.8 Å². The van der Waals surface area contributed by atoms with E-state index in [-0.39, 0.29) is 5.97 Å². The predicted molar refractivity (Wildman–Crippen MR) is 94.2 cm³/mol. The highest BCUT2D eigenvalue weighted by Gasteiger charge is 2.36. The van der Waals surface area contributed by atoms with E-state index in [9.17, 15) is 4.79 Å². The molecule has 3 rings (SSSR count). The van der Waals surface area contributed by atoms with Gasteiger partial charge in [-0.15, -0.1) is 0 Å². The normalized spacial score (nSPS) is 21.0. The van der Waals surface area contributed by atoms with E-state index in [2.05, 4.69) is 30.1 Å². The zero-order valence-corrected chi connectivity index (χ0v) is 14.8. The van der Waals surface area contributed by atoms with Crippen LogP contribution < -0.4 is 10.2 Å². The molecule has 0 saturated heterocycles. The van der Waals surface area contributed by atoms with E-state index in [0.29, 0.717) is 23.6 Å². The van der Waals surface area contributed by atoms with Gasteiger partial charge in [0.15, 0.2) is 0 Å². The van der Waals surface area contributed by atoms with Crippen molar-refractivity contribution >= 4 is 17.3 Å². The molecular formula is C19H28N2O2. The minimum absolute atomic E-state index is 0.258. The van der Waals surface area contributed by atoms with E-state index in [1.54, 1.807) is 0 Å². The first-order valence-corrected chi connectivity index (χ1v) is 8.65. The molecule has 1 unspecified atom stereocenters. The first-order valence-electron chi connectivity index (χ1n) is 8.65. The van der Waals surface area contributed by atoms with Crippen LogP contribution in [0.2, 0.25) is 0 Å². The predicted octanol–water partition coefficient (Wildman–Crippen LogP) is 4.06. The number of carbonyl (C=O) groups excluding carboxylic acids is 1. The van der Waals surface area contributed by atoms with E-state index < -0.39 is 5.60 Å². The topological polar surface area (TPSA) is 41.6 Å². The van der Waals surface area contributed by atoms with Gasteiger partial charge in [0, 0.05) is 18.6 Å². The molecule has 1 aromatic carbocycles. The molecule has 0 amide bonds. The van der Waals surface area contributed by atoms with Crippen molar-refractivity contribution in [2.24, 2.45) is 5.92 Å². The van der Waals surface area contributed by atoms with Gasteiger partial charge in [-0.2, -0.15) is 0 Å². The van der Waals surface area contributed by atoms with Crippen molar-refractivity contribution in [1.82, 2.24) is 0 Å². The zero-order valence-electron chi connectivity index (χ0n) is 14.8. The molecule has 0 spiro atoms. The second-order valence-corrected chi connectivity index (χ2v) is 8.11. The van der Waals surface area contributed by atoms with Crippen molar-refractivity contribution in [2.45, 2.75) is 65.1 Å². The molecule has 1 aromatic rings. The van der Waals surface area contributed by atoms with Gasteiger partial charge < -0.3 is 15.0 Å². The Kier molecular flexibility index (Phi) is 4.03. The van der Waals surface area contributed by atoms with Crippen molar-refractivity contribution in [2.75, 3.05) is 16.8 Å². The van der Waals surface area contributed by atoms with E-state index in [1.165, 1.54) is 18.5 Å². The first-order chi connectivity index (χ1) is 10.7. The maximum Gasteiger partial charge on any atom is 0.338 e. The highest BCUT2D eigenvalue weighted by Crippen LogP contribution is 2.40. The van der Waals surface area contributed by atoms with Crippen LogP contribution in [0.4, 0.5) is 11.4 Å². The van der Waals surface area contributed by atoms with Crippen LogP contribution >= 0.6 is 0 Å². The second-order valence-electron chi connectivity index (χ2n) is 8.11. The monoisotopic (exact) mass is 316 g/mol. The molecule has 1 heterocycles. The van der Waals surface area contributed by atoms with Gasteiger partial charge in [-0.25, -0.2) is 4.79 Å². The van der Waals surface area contributed by atoms with Gasteiger partial charge in [0.05, 0.1) is 16.9 Å². The summed E-state index contributed by atoms with van der Waals surface area (Å²) in [5.74, 6) is 0.293. The number of ether oxygens (including phenoxy) is 1. The molecule has 23 heavy (non-hydrogen) atoms. The van der Waals surface area contributed by atoms with Gasteiger partial charge in [0.25, 0.3) is 0 Å². The number of hydrogen-bond acceptors (Lipinski definition) is 4. The summed E-state index contributed by atoms with van der Waals surface area (Å²) in [5.41, 5.74) is 2.43. The Morgan fingerprint density at radius 2 is 2.00 bits per heavy atom. The van der Waals surface area contributed by atoms with Gasteiger partial charge in [-0.3, -0.25) is 0 Å². The summed E-state index contributed by atoms with van der Waals surface area (Å²) >= 11 is 0. The number of benzene rings is 1. The van der Waals surface area contributed by atoms with Crippen LogP contribution in [-0.4, -0.2) is 30.2 Å². The van der Waals surface area contributed by atoms with Crippen LogP contribution in [0.25, 0.3) is 0 Å². The number of fused-ring (bicyclic) bond motifs is 1. The Balaban J connectivity index is 1.88. The largest absolute Gasteiger partial charge is 0.456 e. The molecule has 0 bridgehead atoms. The van der Waals surface area contributed by atoms with Crippen molar-refractivity contribution in [1.29, 1.82) is 0 Å². The van der Waals surface area contributed by atoms with Crippen LogP contribution in [0.3, 0.4) is 0 Å². The number of carbonyl (C=O) groups is 1. The molecule has 1 N–H and O–H groups in total. The fourth-order valence-electron chi connectivity index (χ4n) is 3.03. The van der Waals surface area contributed by atoms with Gasteiger partial charge in [0.2, 0.25) is 0 Å². The van der Waals surface area contributed by atoms with Crippen molar-refractivity contribution in [3.8, 4) is 0 Å². The number of esters is 1. The van der Waals surface area contributed by atoms with Gasteiger partial charge in [-0.05, 0) is 57.7 Å². The highest BCUT2D eigenvalue weighted by atomic mass is 16.6. The summed E-state index contributed by atoms with van der Waals surface area (Å²) in [4.78, 5) is 14.8. The lowest BCUT2D eigenvalue weighted by molar-refractivity contribution is 0.00696. The number of hydrogen-bond donors (Lipinski definition) is 1. The van der Waals surface area contributed by atoms with Crippen LogP contribution in [-0.2, 0) is 4.74 Å². The van der Waals surface area contributed by atoms with Crippen LogP contribution in [0, 0.1) is 5.92 Å². The molecular weight excluding hydrogens is 288 g/mol. The molecule has 1 atom stereocenters. The number of anilines is 2. The van der Waals surface area contributed by atoms with Crippen LogP contribution in [0.15, 0.2) is 18.2 Å². The fraction of sp³-hybridized carbons (Fsp3) is 0.632. The number of nitrogens with zero attached hydrogens (tertiary/aromatic N) is 1. The molecule has 4 heteroatoms. The Hall–Kier alpha value is -1.71. The van der Waals surface area contributed by atoms with Gasteiger partial charge in [0.1, 0.15) is 5.60 Å². The summed E-state index contributed by atoms with van der Waals surface area (Å²) in [6.45, 7) is 11.2. The van der Waals surface area contributed by atoms with E-state index in [0.717, 1.165) is 12.2 Å². The number of rotatable bonds is 3. The summed E-state index contributed by atoms with van der Waals surface area (Å²) in [6, 6.07) is 6.99. The molecule has 4 nitrogen and oxygen atoms in total. The molecule has 2 aliphatic rings. The minimum Gasteiger partial charge on any atom is -0.456 e. The van der Waals surface area contributed by atoms with Crippen molar-refractivity contribution in [3.63, 3.8) is 0 Å². The van der Waals surface area contributed by atoms with Crippen LogP contribution in [0.1, 0.15) is 57.8 Å². The van der Waals surface area contributed by atoms with Gasteiger partial charge >= 0.3 is 5.97 Å². The summed E-state index contributed by atoms with van der Waals surface area (Å²) in [6.07, 6.45) is 2.55. The third-order valence-electron chi connectivity index (χ3n) is 4.47. The Labute approximate surface area is 139 Å². The Morgan fingerprint density at radius 3 is 2.57 bits per heavy atom. The lowest BCUT2D eigenvalue weighted by atomic mass is 9.99. The number of nitrogens with one attached hydrogen (secondary N) is 1. The third kappa shape index (κ3) is 3.62. The lowest BCUT2D eigenvalue weighted by Crippen LogP contribution is -2.45. The Bertz CT molecular complexity index is 600. The average molecular weight is 316 g/mol. The second kappa shape index (κ2) is 5.73. The first kappa shape index (κ1) is 16.2. The maximum absolute atomic E-state index is 12.3. The highest BCUT2D eigenvalue weighted by molar-refractivity contribution is 5.93. The molecule has 1 aliphatic heterocycles. The minimum atomic E-state index is -0.471. The maximum atomic E-state index is 12.3. The standard InChI is InChI=1S/C19H28N2O2/c1-12(2)16-11-21(14-7-8-14)17-9-6-13(10-15(17)20-16)18(22)23-19(3,4)5/h6,9-10,12,14,16,20H,7-8,11H2,1-5H3. The quantitative estimate of drug-likeness (QED) is 0.854. The Morgan fingerprint density at radius 1 is 1.30 bits per heavy atom.